The molecule has 0 spiro atoms. The van der Waals surface area contributed by atoms with Crippen molar-refractivity contribution in [3.8, 4) is 0 Å². The highest BCUT2D eigenvalue weighted by molar-refractivity contribution is 9.10. The van der Waals surface area contributed by atoms with Gasteiger partial charge in [0.05, 0.1) is 6.10 Å². The second-order valence-electron chi connectivity index (χ2n) is 4.82. The monoisotopic (exact) mass is 310 g/mol. The molecule has 2 nitrogen and oxygen atoms in total. The molecule has 1 aromatic rings. The van der Waals surface area contributed by atoms with Crippen molar-refractivity contribution in [2.75, 3.05) is 0 Å². The molecule has 2 atom stereocenters. The van der Waals surface area contributed by atoms with E-state index in [1.165, 1.54) is 25.7 Å². The van der Waals surface area contributed by atoms with E-state index in [0.29, 0.717) is 0 Å². The number of Topliss-reactive ketones (excluding diaryl/α,β-unsaturated/α-hetero) is 1. The second kappa shape index (κ2) is 6.48. The molecule has 1 aliphatic heterocycles. The number of carbonyl (C=O) groups excluding carboxylic acids is 1. The number of carbonyl (C=O) groups is 1. The Morgan fingerprint density at radius 3 is 2.61 bits per heavy atom. The average Bonchev–Trinajstić information content (AvgIpc) is 3.14. The third-order valence-corrected chi connectivity index (χ3v) is 3.84. The molecular formula is C15H19BrO2. The summed E-state index contributed by atoms with van der Waals surface area (Å²) in [4.78, 5) is 12.1. The Morgan fingerprint density at radius 1 is 1.22 bits per heavy atom. The van der Waals surface area contributed by atoms with E-state index in [-0.39, 0.29) is 18.0 Å². The van der Waals surface area contributed by atoms with Gasteiger partial charge >= 0.3 is 0 Å². The summed E-state index contributed by atoms with van der Waals surface area (Å²) < 4.78 is 6.47. The van der Waals surface area contributed by atoms with E-state index in [1.54, 1.807) is 0 Å². The zero-order valence-electron chi connectivity index (χ0n) is 10.7. The summed E-state index contributed by atoms with van der Waals surface area (Å²) in [7, 11) is 0. The van der Waals surface area contributed by atoms with E-state index < -0.39 is 0 Å². The van der Waals surface area contributed by atoms with Gasteiger partial charge in [0.1, 0.15) is 6.10 Å². The van der Waals surface area contributed by atoms with Crippen molar-refractivity contribution >= 4 is 21.7 Å². The first-order valence-corrected chi connectivity index (χ1v) is 7.47. The highest BCUT2D eigenvalue weighted by Crippen LogP contribution is 2.30. The lowest BCUT2D eigenvalue weighted by atomic mass is 10.0. The fourth-order valence-electron chi connectivity index (χ4n) is 2.14. The Hall–Kier alpha value is -0.670. The summed E-state index contributed by atoms with van der Waals surface area (Å²) in [6.45, 7) is 2.20. The van der Waals surface area contributed by atoms with Crippen LogP contribution in [0.3, 0.4) is 0 Å². The first kappa shape index (κ1) is 13.8. The molecule has 0 aliphatic carbocycles. The SMILES string of the molecule is CCCCCC[C@H]1O[C@H]1C(=O)c1ccc(Br)cc1. The van der Waals surface area contributed by atoms with Crippen LogP contribution in [-0.2, 0) is 4.74 Å². The molecule has 98 valence electrons. The van der Waals surface area contributed by atoms with Gasteiger partial charge in [-0.15, -0.1) is 0 Å². The molecule has 0 unspecified atom stereocenters. The van der Waals surface area contributed by atoms with E-state index in [0.717, 1.165) is 16.5 Å². The van der Waals surface area contributed by atoms with Crippen LogP contribution in [0.25, 0.3) is 0 Å². The normalized spacial score (nSPS) is 21.9. The molecule has 0 amide bonds. The van der Waals surface area contributed by atoms with Crippen molar-refractivity contribution in [3.05, 3.63) is 34.3 Å². The van der Waals surface area contributed by atoms with Gasteiger partial charge in [-0.3, -0.25) is 4.79 Å². The molecule has 0 saturated carbocycles. The summed E-state index contributed by atoms with van der Waals surface area (Å²) in [5, 5.41) is 0. The highest BCUT2D eigenvalue weighted by atomic mass is 79.9. The minimum atomic E-state index is -0.187. The second-order valence-corrected chi connectivity index (χ2v) is 5.73. The molecule has 0 radical (unpaired) electrons. The number of hydrogen-bond donors (Lipinski definition) is 0. The number of hydrogen-bond acceptors (Lipinski definition) is 2. The summed E-state index contributed by atoms with van der Waals surface area (Å²) in [6.07, 6.45) is 5.93. The zero-order chi connectivity index (χ0) is 13.0. The summed E-state index contributed by atoms with van der Waals surface area (Å²) in [5.74, 6) is 0.128. The van der Waals surface area contributed by atoms with Crippen molar-refractivity contribution in [3.63, 3.8) is 0 Å². The van der Waals surface area contributed by atoms with Gasteiger partial charge in [-0.1, -0.05) is 60.7 Å². The number of epoxide rings is 1. The first-order valence-electron chi connectivity index (χ1n) is 6.67. The van der Waals surface area contributed by atoms with Crippen molar-refractivity contribution in [2.24, 2.45) is 0 Å². The largest absolute Gasteiger partial charge is 0.361 e. The van der Waals surface area contributed by atoms with Crippen LogP contribution in [0.15, 0.2) is 28.7 Å². The van der Waals surface area contributed by atoms with Gasteiger partial charge in [0.2, 0.25) is 0 Å². The Labute approximate surface area is 117 Å². The molecule has 1 aromatic carbocycles. The number of benzene rings is 1. The number of ether oxygens (including phenoxy) is 1. The molecule has 1 heterocycles. The highest BCUT2D eigenvalue weighted by Gasteiger charge is 2.44. The number of rotatable bonds is 7. The smallest absolute Gasteiger partial charge is 0.194 e. The van der Waals surface area contributed by atoms with Crippen LogP contribution < -0.4 is 0 Å². The van der Waals surface area contributed by atoms with Gasteiger partial charge in [-0.05, 0) is 18.6 Å². The molecule has 1 aliphatic rings. The van der Waals surface area contributed by atoms with E-state index in [2.05, 4.69) is 22.9 Å². The van der Waals surface area contributed by atoms with Crippen LogP contribution in [-0.4, -0.2) is 18.0 Å². The molecule has 1 fully saturated rings. The zero-order valence-corrected chi connectivity index (χ0v) is 12.3. The number of ketones is 1. The van der Waals surface area contributed by atoms with E-state index in [1.807, 2.05) is 24.3 Å². The predicted octanol–water partition coefficient (Wildman–Crippen LogP) is 4.37. The Morgan fingerprint density at radius 2 is 1.94 bits per heavy atom. The quantitative estimate of drug-likeness (QED) is 0.425. The maximum Gasteiger partial charge on any atom is 0.194 e. The first-order chi connectivity index (χ1) is 8.72. The van der Waals surface area contributed by atoms with Crippen LogP contribution in [0.2, 0.25) is 0 Å². The molecule has 2 rings (SSSR count). The van der Waals surface area contributed by atoms with Crippen molar-refractivity contribution < 1.29 is 9.53 Å². The summed E-state index contributed by atoms with van der Waals surface area (Å²) in [6, 6.07) is 7.49. The maximum atomic E-state index is 12.1. The Balaban J connectivity index is 1.77. The van der Waals surface area contributed by atoms with Gasteiger partial charge in [-0.2, -0.15) is 0 Å². The van der Waals surface area contributed by atoms with Gasteiger partial charge in [-0.25, -0.2) is 0 Å². The van der Waals surface area contributed by atoms with Crippen LogP contribution in [0, 0.1) is 0 Å². The third kappa shape index (κ3) is 3.66. The van der Waals surface area contributed by atoms with Crippen LogP contribution in [0.4, 0.5) is 0 Å². The number of halogens is 1. The molecule has 0 N–H and O–H groups in total. The Kier molecular flexibility index (Phi) is 4.95. The standard InChI is InChI=1S/C15H19BrO2/c1-2-3-4-5-6-13-15(18-13)14(17)11-7-9-12(16)10-8-11/h7-10,13,15H,2-6H2,1H3/t13-,15-/m1/s1. The van der Waals surface area contributed by atoms with Crippen LogP contribution >= 0.6 is 15.9 Å². The average molecular weight is 311 g/mol. The fourth-order valence-corrected chi connectivity index (χ4v) is 2.41. The predicted molar refractivity (Wildman–Crippen MR) is 75.9 cm³/mol. The van der Waals surface area contributed by atoms with Crippen LogP contribution in [0.1, 0.15) is 49.4 Å². The van der Waals surface area contributed by atoms with E-state index in [4.69, 9.17) is 4.74 Å². The topological polar surface area (TPSA) is 29.6 Å². The molecule has 18 heavy (non-hydrogen) atoms. The maximum absolute atomic E-state index is 12.1. The molecular weight excluding hydrogens is 292 g/mol. The minimum Gasteiger partial charge on any atom is -0.361 e. The minimum absolute atomic E-state index is 0.128. The Bertz CT molecular complexity index is 399. The van der Waals surface area contributed by atoms with Gasteiger partial charge in [0, 0.05) is 10.0 Å². The molecule has 1 saturated heterocycles. The molecule has 3 heteroatoms. The van der Waals surface area contributed by atoms with Crippen molar-refractivity contribution in [1.29, 1.82) is 0 Å². The molecule has 0 bridgehead atoms. The van der Waals surface area contributed by atoms with Gasteiger partial charge in [0.25, 0.3) is 0 Å². The van der Waals surface area contributed by atoms with Gasteiger partial charge in [0.15, 0.2) is 5.78 Å². The van der Waals surface area contributed by atoms with E-state index in [9.17, 15) is 4.79 Å². The summed E-state index contributed by atoms with van der Waals surface area (Å²) in [5.41, 5.74) is 0.749. The third-order valence-electron chi connectivity index (χ3n) is 3.31. The fraction of sp³-hybridized carbons (Fsp3) is 0.533. The van der Waals surface area contributed by atoms with Gasteiger partial charge < -0.3 is 4.74 Å². The lowest BCUT2D eigenvalue weighted by Crippen LogP contribution is -2.10. The molecule has 0 aromatic heterocycles. The van der Waals surface area contributed by atoms with Crippen molar-refractivity contribution in [1.82, 2.24) is 0 Å². The number of unbranched alkanes of at least 4 members (excludes halogenated alkanes) is 3. The van der Waals surface area contributed by atoms with E-state index >= 15 is 0 Å². The lowest BCUT2D eigenvalue weighted by Gasteiger charge is -1.98. The summed E-state index contributed by atoms with van der Waals surface area (Å²) >= 11 is 3.37. The lowest BCUT2D eigenvalue weighted by molar-refractivity contribution is 0.0953. The van der Waals surface area contributed by atoms with Crippen LogP contribution in [0.5, 0.6) is 0 Å². The van der Waals surface area contributed by atoms with Crippen molar-refractivity contribution in [2.45, 2.75) is 51.2 Å².